The molecule has 2 heterocycles. The first kappa shape index (κ1) is 19.7. The fourth-order valence-corrected chi connectivity index (χ4v) is 5.63. The van der Waals surface area contributed by atoms with Gasteiger partial charge in [-0.15, -0.1) is 0 Å². The third-order valence-electron chi connectivity index (χ3n) is 6.18. The molecule has 1 N–H and O–H groups in total. The van der Waals surface area contributed by atoms with Gasteiger partial charge in [0.2, 0.25) is 27.6 Å². The molecule has 5 rings (SSSR count). The maximum atomic E-state index is 13.3. The van der Waals surface area contributed by atoms with E-state index in [9.17, 15) is 13.2 Å². The molecule has 1 amide bonds. The van der Waals surface area contributed by atoms with E-state index in [0.717, 1.165) is 25.7 Å². The summed E-state index contributed by atoms with van der Waals surface area (Å²) in [7, 11) is -3.66. The van der Waals surface area contributed by atoms with Gasteiger partial charge in [0, 0.05) is 36.5 Å². The van der Waals surface area contributed by atoms with E-state index >= 15 is 0 Å². The lowest BCUT2D eigenvalue weighted by molar-refractivity contribution is -0.126. The van der Waals surface area contributed by atoms with Crippen molar-refractivity contribution in [3.05, 3.63) is 29.7 Å². The van der Waals surface area contributed by atoms with Crippen molar-refractivity contribution in [2.45, 2.75) is 62.3 Å². The van der Waals surface area contributed by atoms with Crippen LogP contribution in [-0.2, 0) is 14.8 Å². The Labute approximate surface area is 176 Å². The van der Waals surface area contributed by atoms with Crippen LogP contribution in [0, 0.1) is 12.8 Å². The molecule has 0 radical (unpaired) electrons. The second-order valence-corrected chi connectivity index (χ2v) is 10.6. The molecule has 0 unspecified atom stereocenters. The number of nitrogens with one attached hydrogen (secondary N) is 1. The molecule has 30 heavy (non-hydrogen) atoms. The fourth-order valence-electron chi connectivity index (χ4n) is 3.91. The minimum atomic E-state index is -3.66. The van der Waals surface area contributed by atoms with Crippen LogP contribution in [0.5, 0.6) is 0 Å². The van der Waals surface area contributed by atoms with Crippen LogP contribution in [0.25, 0.3) is 11.4 Å². The molecular formula is C21H26N4O4S. The van der Waals surface area contributed by atoms with Crippen LogP contribution in [0.2, 0.25) is 0 Å². The van der Waals surface area contributed by atoms with Crippen molar-refractivity contribution in [1.82, 2.24) is 19.8 Å². The first-order chi connectivity index (χ1) is 14.4. The number of piperidine rings is 1. The lowest BCUT2D eigenvalue weighted by Gasteiger charge is -2.31. The van der Waals surface area contributed by atoms with Gasteiger partial charge in [-0.25, -0.2) is 8.42 Å². The largest absolute Gasteiger partial charge is 0.353 e. The number of benzene rings is 1. The summed E-state index contributed by atoms with van der Waals surface area (Å²) in [4.78, 5) is 17.0. The SMILES string of the molecule is Cc1ccc(-c2noc(C3CC3)n2)cc1S(=O)(=O)N1CCC(C(=O)NC2CC2)CC1. The predicted octanol–water partition coefficient (Wildman–Crippen LogP) is 2.60. The fraction of sp³-hybridized carbons (Fsp3) is 0.571. The number of sulfonamides is 1. The molecule has 2 saturated carbocycles. The molecule has 1 aromatic heterocycles. The lowest BCUT2D eigenvalue weighted by atomic mass is 9.97. The molecule has 2 aromatic rings. The van der Waals surface area contributed by atoms with Crippen molar-refractivity contribution in [1.29, 1.82) is 0 Å². The predicted molar refractivity (Wildman–Crippen MR) is 109 cm³/mol. The molecule has 1 aromatic carbocycles. The number of carbonyl (C=O) groups is 1. The van der Waals surface area contributed by atoms with Gasteiger partial charge in [0.05, 0.1) is 4.90 Å². The third kappa shape index (κ3) is 3.88. The summed E-state index contributed by atoms with van der Waals surface area (Å²) in [5, 5.41) is 7.06. The molecule has 8 nitrogen and oxygen atoms in total. The minimum Gasteiger partial charge on any atom is -0.353 e. The summed E-state index contributed by atoms with van der Waals surface area (Å²) in [5.41, 5.74) is 1.31. The second-order valence-electron chi connectivity index (χ2n) is 8.67. The molecule has 0 atom stereocenters. The zero-order valence-corrected chi connectivity index (χ0v) is 17.8. The van der Waals surface area contributed by atoms with E-state index in [2.05, 4.69) is 15.5 Å². The van der Waals surface area contributed by atoms with Crippen LogP contribution in [0.15, 0.2) is 27.6 Å². The summed E-state index contributed by atoms with van der Waals surface area (Å²) in [6.07, 6.45) is 5.32. The Kier molecular flexibility index (Phi) is 4.89. The van der Waals surface area contributed by atoms with Crippen molar-refractivity contribution in [2.24, 2.45) is 5.92 Å². The normalized spacial score (nSPS) is 21.0. The van der Waals surface area contributed by atoms with Gasteiger partial charge in [0.1, 0.15) is 0 Å². The summed E-state index contributed by atoms with van der Waals surface area (Å²) in [5.74, 6) is 1.35. The highest BCUT2D eigenvalue weighted by molar-refractivity contribution is 7.89. The van der Waals surface area contributed by atoms with Gasteiger partial charge in [-0.1, -0.05) is 17.3 Å². The molecule has 3 aliphatic rings. The monoisotopic (exact) mass is 430 g/mol. The van der Waals surface area contributed by atoms with E-state index in [1.54, 1.807) is 19.1 Å². The maximum Gasteiger partial charge on any atom is 0.243 e. The Morgan fingerprint density at radius 2 is 1.87 bits per heavy atom. The van der Waals surface area contributed by atoms with E-state index in [4.69, 9.17) is 4.52 Å². The van der Waals surface area contributed by atoms with Crippen LogP contribution in [-0.4, -0.2) is 47.9 Å². The van der Waals surface area contributed by atoms with Gasteiger partial charge in [-0.3, -0.25) is 4.79 Å². The molecule has 9 heteroatoms. The third-order valence-corrected chi connectivity index (χ3v) is 8.22. The Hall–Kier alpha value is -2.26. The summed E-state index contributed by atoms with van der Waals surface area (Å²) in [6, 6.07) is 5.57. The molecule has 2 aliphatic carbocycles. The van der Waals surface area contributed by atoms with Crippen LogP contribution in [0.4, 0.5) is 0 Å². The van der Waals surface area contributed by atoms with Gasteiger partial charge < -0.3 is 9.84 Å². The topological polar surface area (TPSA) is 105 Å². The lowest BCUT2D eigenvalue weighted by Crippen LogP contribution is -2.43. The maximum absolute atomic E-state index is 13.3. The average Bonchev–Trinajstić information content (AvgIpc) is 3.68. The minimum absolute atomic E-state index is 0.0660. The number of rotatable bonds is 6. The molecule has 0 bridgehead atoms. The van der Waals surface area contributed by atoms with Crippen molar-refractivity contribution in [2.75, 3.05) is 13.1 Å². The average molecular weight is 431 g/mol. The van der Waals surface area contributed by atoms with Gasteiger partial charge in [-0.2, -0.15) is 9.29 Å². The molecular weight excluding hydrogens is 404 g/mol. The van der Waals surface area contributed by atoms with Crippen LogP contribution >= 0.6 is 0 Å². The first-order valence-corrected chi connectivity index (χ1v) is 12.1. The molecule has 1 saturated heterocycles. The summed E-state index contributed by atoms with van der Waals surface area (Å²) in [6.45, 7) is 2.49. The van der Waals surface area contributed by atoms with Crippen molar-refractivity contribution in [3.63, 3.8) is 0 Å². The van der Waals surface area contributed by atoms with E-state index in [-0.39, 0.29) is 16.7 Å². The van der Waals surface area contributed by atoms with Gasteiger partial charge >= 0.3 is 0 Å². The Morgan fingerprint density at radius 1 is 1.13 bits per heavy atom. The number of aromatic nitrogens is 2. The molecule has 1 aliphatic heterocycles. The van der Waals surface area contributed by atoms with E-state index in [0.29, 0.717) is 60.7 Å². The first-order valence-electron chi connectivity index (χ1n) is 10.7. The Bertz CT molecular complexity index is 1060. The van der Waals surface area contributed by atoms with E-state index < -0.39 is 10.0 Å². The second kappa shape index (κ2) is 7.46. The zero-order valence-electron chi connectivity index (χ0n) is 17.0. The summed E-state index contributed by atoms with van der Waals surface area (Å²) >= 11 is 0. The number of amides is 1. The van der Waals surface area contributed by atoms with Crippen LogP contribution in [0.3, 0.4) is 0 Å². The highest BCUT2D eigenvalue weighted by Gasteiger charge is 2.35. The van der Waals surface area contributed by atoms with E-state index in [1.807, 2.05) is 6.07 Å². The quantitative estimate of drug-likeness (QED) is 0.755. The molecule has 160 valence electrons. The molecule has 3 fully saturated rings. The highest BCUT2D eigenvalue weighted by Crippen LogP contribution is 2.39. The van der Waals surface area contributed by atoms with Crippen LogP contribution < -0.4 is 5.32 Å². The zero-order chi connectivity index (χ0) is 20.9. The van der Waals surface area contributed by atoms with Gasteiger partial charge in [0.15, 0.2) is 0 Å². The smallest absolute Gasteiger partial charge is 0.243 e. The number of carbonyl (C=O) groups excluding carboxylic acids is 1. The van der Waals surface area contributed by atoms with Gasteiger partial charge in [-0.05, 0) is 57.1 Å². The van der Waals surface area contributed by atoms with E-state index in [1.165, 1.54) is 4.31 Å². The van der Waals surface area contributed by atoms with Crippen LogP contribution in [0.1, 0.15) is 55.9 Å². The van der Waals surface area contributed by atoms with Crippen molar-refractivity contribution >= 4 is 15.9 Å². The number of aryl methyl sites for hydroxylation is 1. The number of hydrogen-bond donors (Lipinski definition) is 1. The molecule has 0 spiro atoms. The Morgan fingerprint density at radius 3 is 2.53 bits per heavy atom. The van der Waals surface area contributed by atoms with Crippen molar-refractivity contribution in [3.8, 4) is 11.4 Å². The number of hydrogen-bond acceptors (Lipinski definition) is 6. The number of nitrogens with zero attached hydrogens (tertiary/aromatic N) is 3. The van der Waals surface area contributed by atoms with Gasteiger partial charge in [0.25, 0.3) is 0 Å². The summed E-state index contributed by atoms with van der Waals surface area (Å²) < 4.78 is 33.5. The Balaban J connectivity index is 1.32. The standard InChI is InChI=1S/C21H26N4O4S/c1-13-2-3-16(19-23-21(29-24-19)15-4-5-15)12-18(13)30(27,28)25-10-8-14(9-11-25)20(26)22-17-6-7-17/h2-3,12,14-15,17H,4-11H2,1H3,(H,22,26). The highest BCUT2D eigenvalue weighted by atomic mass is 32.2. The van der Waals surface area contributed by atoms with Crippen molar-refractivity contribution < 1.29 is 17.7 Å².